The lowest BCUT2D eigenvalue weighted by molar-refractivity contribution is -0.122. The van der Waals surface area contributed by atoms with Crippen LogP contribution in [0.3, 0.4) is 0 Å². The molecule has 0 aromatic heterocycles. The quantitative estimate of drug-likeness (QED) is 0.844. The summed E-state index contributed by atoms with van der Waals surface area (Å²) in [7, 11) is 0. The van der Waals surface area contributed by atoms with Crippen LogP contribution >= 0.6 is 0 Å². The Kier molecular flexibility index (Phi) is 5.22. The summed E-state index contributed by atoms with van der Waals surface area (Å²) in [6.07, 6.45) is 0.883. The minimum Gasteiger partial charge on any atom is -0.355 e. The summed E-state index contributed by atoms with van der Waals surface area (Å²) < 4.78 is 0. The Bertz CT molecular complexity index is 394. The largest absolute Gasteiger partial charge is 0.355 e. The Balaban J connectivity index is 2.33. The average molecular weight is 230 g/mol. The third-order valence-electron chi connectivity index (χ3n) is 2.83. The molecule has 0 spiro atoms. The highest BCUT2D eigenvalue weighted by Gasteiger charge is 2.11. The monoisotopic (exact) mass is 230 g/mol. The molecule has 1 aromatic carbocycles. The molecule has 90 valence electrons. The van der Waals surface area contributed by atoms with E-state index in [9.17, 15) is 4.79 Å². The molecule has 17 heavy (non-hydrogen) atoms. The summed E-state index contributed by atoms with van der Waals surface area (Å²) in [4.78, 5) is 11.4. The molecule has 1 amide bonds. The van der Waals surface area contributed by atoms with Gasteiger partial charge in [0.15, 0.2) is 0 Å². The van der Waals surface area contributed by atoms with Gasteiger partial charge in [-0.3, -0.25) is 4.79 Å². The number of amides is 1. The van der Waals surface area contributed by atoms with Crippen molar-refractivity contribution in [2.24, 2.45) is 5.92 Å². The third kappa shape index (κ3) is 4.28. The van der Waals surface area contributed by atoms with Crippen LogP contribution in [-0.2, 0) is 4.79 Å². The standard InChI is InChI=1S/C14H18N2O/c1-11(13-6-4-3-5-7-13)8-9-16-14(17)12(2)10-15/h3-7,11-12H,8-9H2,1-2H3,(H,16,17). The lowest BCUT2D eigenvalue weighted by Crippen LogP contribution is -2.29. The molecule has 0 fully saturated rings. The molecule has 0 bridgehead atoms. The molecule has 0 aliphatic carbocycles. The van der Waals surface area contributed by atoms with Crippen LogP contribution in [-0.4, -0.2) is 12.5 Å². The van der Waals surface area contributed by atoms with Crippen molar-refractivity contribution < 1.29 is 4.79 Å². The zero-order valence-corrected chi connectivity index (χ0v) is 10.3. The van der Waals surface area contributed by atoms with Crippen molar-refractivity contribution in [3.8, 4) is 6.07 Å². The first-order valence-corrected chi connectivity index (χ1v) is 5.87. The third-order valence-corrected chi connectivity index (χ3v) is 2.83. The van der Waals surface area contributed by atoms with Crippen LogP contribution in [0, 0.1) is 17.2 Å². The molecule has 3 heteroatoms. The fourth-order valence-electron chi connectivity index (χ4n) is 1.57. The molecule has 0 aliphatic heterocycles. The number of benzene rings is 1. The molecule has 1 N–H and O–H groups in total. The van der Waals surface area contributed by atoms with E-state index >= 15 is 0 Å². The number of nitriles is 1. The summed E-state index contributed by atoms with van der Waals surface area (Å²) in [5.74, 6) is -0.344. The van der Waals surface area contributed by atoms with E-state index in [1.807, 2.05) is 24.3 Å². The normalized spacial score (nSPS) is 13.5. The van der Waals surface area contributed by atoms with Gasteiger partial charge in [0.25, 0.3) is 0 Å². The van der Waals surface area contributed by atoms with Crippen LogP contribution in [0.2, 0.25) is 0 Å². The topological polar surface area (TPSA) is 52.9 Å². The van der Waals surface area contributed by atoms with Gasteiger partial charge in [-0.2, -0.15) is 5.26 Å². The fraction of sp³-hybridized carbons (Fsp3) is 0.429. The molecule has 0 heterocycles. The number of carbonyl (C=O) groups is 1. The van der Waals surface area contributed by atoms with Crippen molar-refractivity contribution in [2.75, 3.05) is 6.54 Å². The number of carbonyl (C=O) groups excluding carboxylic acids is 1. The summed E-state index contributed by atoms with van der Waals surface area (Å²) >= 11 is 0. The van der Waals surface area contributed by atoms with E-state index in [1.165, 1.54) is 5.56 Å². The van der Waals surface area contributed by atoms with E-state index < -0.39 is 5.92 Å². The Labute approximate surface area is 102 Å². The summed E-state index contributed by atoms with van der Waals surface area (Å²) in [6, 6.07) is 12.1. The first kappa shape index (κ1) is 13.2. The number of nitrogens with one attached hydrogen (secondary N) is 1. The second-order valence-electron chi connectivity index (χ2n) is 4.24. The van der Waals surface area contributed by atoms with E-state index in [2.05, 4.69) is 24.4 Å². The molecule has 1 rings (SSSR count). The van der Waals surface area contributed by atoms with Gasteiger partial charge in [-0.1, -0.05) is 37.3 Å². The molecule has 3 nitrogen and oxygen atoms in total. The zero-order chi connectivity index (χ0) is 12.7. The summed E-state index contributed by atoms with van der Waals surface area (Å²) in [5.41, 5.74) is 1.27. The Hall–Kier alpha value is -1.82. The molecule has 0 radical (unpaired) electrons. The minimum absolute atomic E-state index is 0.187. The van der Waals surface area contributed by atoms with Gasteiger partial charge < -0.3 is 5.32 Å². The van der Waals surface area contributed by atoms with Crippen molar-refractivity contribution in [3.63, 3.8) is 0 Å². The molecular weight excluding hydrogens is 212 g/mol. The van der Waals surface area contributed by atoms with Gasteiger partial charge in [0.1, 0.15) is 5.92 Å². The smallest absolute Gasteiger partial charge is 0.237 e. The number of rotatable bonds is 5. The highest BCUT2D eigenvalue weighted by atomic mass is 16.1. The first-order valence-electron chi connectivity index (χ1n) is 5.87. The Morgan fingerprint density at radius 1 is 1.35 bits per heavy atom. The van der Waals surface area contributed by atoms with Gasteiger partial charge >= 0.3 is 0 Å². The average Bonchev–Trinajstić information content (AvgIpc) is 2.38. The van der Waals surface area contributed by atoms with Crippen LogP contribution in [0.25, 0.3) is 0 Å². The predicted octanol–water partition coefficient (Wildman–Crippen LogP) is 2.46. The molecule has 0 saturated carbocycles. The second kappa shape index (κ2) is 6.70. The molecule has 0 saturated heterocycles. The SMILES string of the molecule is CC(C#N)C(=O)NCCC(C)c1ccccc1. The first-order chi connectivity index (χ1) is 8.15. The molecular formula is C14H18N2O. The van der Waals surface area contributed by atoms with Crippen LogP contribution in [0.1, 0.15) is 31.7 Å². The number of hydrogen-bond donors (Lipinski definition) is 1. The Morgan fingerprint density at radius 2 is 2.00 bits per heavy atom. The number of hydrogen-bond acceptors (Lipinski definition) is 2. The lowest BCUT2D eigenvalue weighted by atomic mass is 9.98. The van der Waals surface area contributed by atoms with Gasteiger partial charge in [-0.15, -0.1) is 0 Å². The van der Waals surface area contributed by atoms with E-state index in [-0.39, 0.29) is 5.91 Å². The Morgan fingerprint density at radius 3 is 2.59 bits per heavy atom. The summed E-state index contributed by atoms with van der Waals surface area (Å²) in [5, 5.41) is 11.4. The van der Waals surface area contributed by atoms with Gasteiger partial charge in [0.05, 0.1) is 6.07 Å². The van der Waals surface area contributed by atoms with E-state index in [0.717, 1.165) is 6.42 Å². The van der Waals surface area contributed by atoms with E-state index in [1.54, 1.807) is 6.92 Å². The van der Waals surface area contributed by atoms with Gasteiger partial charge in [0, 0.05) is 6.54 Å². The molecule has 2 atom stereocenters. The fourth-order valence-corrected chi connectivity index (χ4v) is 1.57. The van der Waals surface area contributed by atoms with Gasteiger partial charge in [-0.05, 0) is 24.8 Å². The van der Waals surface area contributed by atoms with Crippen molar-refractivity contribution in [3.05, 3.63) is 35.9 Å². The van der Waals surface area contributed by atoms with Crippen molar-refractivity contribution in [1.29, 1.82) is 5.26 Å². The van der Waals surface area contributed by atoms with Gasteiger partial charge in [0.2, 0.25) is 5.91 Å². The van der Waals surface area contributed by atoms with Crippen LogP contribution in [0.5, 0.6) is 0 Å². The molecule has 0 aliphatic rings. The van der Waals surface area contributed by atoms with Crippen molar-refractivity contribution in [1.82, 2.24) is 5.32 Å². The van der Waals surface area contributed by atoms with E-state index in [4.69, 9.17) is 5.26 Å². The van der Waals surface area contributed by atoms with Crippen molar-refractivity contribution >= 4 is 5.91 Å². The highest BCUT2D eigenvalue weighted by Crippen LogP contribution is 2.17. The summed E-state index contributed by atoms with van der Waals surface area (Å²) in [6.45, 7) is 4.35. The molecule has 2 unspecified atom stereocenters. The van der Waals surface area contributed by atoms with Crippen molar-refractivity contribution in [2.45, 2.75) is 26.2 Å². The maximum atomic E-state index is 11.4. The number of nitrogens with zero attached hydrogens (tertiary/aromatic N) is 1. The predicted molar refractivity (Wildman–Crippen MR) is 67.3 cm³/mol. The molecule has 1 aromatic rings. The minimum atomic E-state index is -0.568. The van der Waals surface area contributed by atoms with Gasteiger partial charge in [-0.25, -0.2) is 0 Å². The highest BCUT2D eigenvalue weighted by molar-refractivity contribution is 5.80. The van der Waals surface area contributed by atoms with Crippen LogP contribution in [0.15, 0.2) is 30.3 Å². The lowest BCUT2D eigenvalue weighted by Gasteiger charge is -2.12. The second-order valence-corrected chi connectivity index (χ2v) is 4.24. The maximum Gasteiger partial charge on any atom is 0.237 e. The van der Waals surface area contributed by atoms with Crippen LogP contribution < -0.4 is 5.32 Å². The zero-order valence-electron chi connectivity index (χ0n) is 10.3. The maximum absolute atomic E-state index is 11.4. The van der Waals surface area contributed by atoms with Crippen LogP contribution in [0.4, 0.5) is 0 Å². The van der Waals surface area contributed by atoms with E-state index in [0.29, 0.717) is 12.5 Å².